The molecule has 2 atom stereocenters. The molecule has 4 heterocycles. The minimum atomic E-state index is 0.352. The fourth-order valence-corrected chi connectivity index (χ4v) is 6.55. The van der Waals surface area contributed by atoms with Crippen molar-refractivity contribution in [2.24, 2.45) is 5.92 Å². The first-order chi connectivity index (χ1) is 15.8. The van der Waals surface area contributed by atoms with Crippen molar-refractivity contribution in [2.45, 2.75) is 37.3 Å². The Labute approximate surface area is 191 Å². The number of piperidine rings is 3. The summed E-state index contributed by atoms with van der Waals surface area (Å²) >= 11 is 0. The molecule has 32 heavy (non-hydrogen) atoms. The lowest BCUT2D eigenvalue weighted by molar-refractivity contribution is 0.0185. The van der Waals surface area contributed by atoms with E-state index in [4.69, 9.17) is 4.74 Å². The molecule has 0 saturated carbocycles. The summed E-state index contributed by atoms with van der Waals surface area (Å²) in [6.45, 7) is 3.22. The van der Waals surface area contributed by atoms with E-state index in [1.54, 1.807) is 0 Å². The number of benzene rings is 3. The highest BCUT2D eigenvalue weighted by Gasteiger charge is 2.48. The van der Waals surface area contributed by atoms with E-state index >= 15 is 0 Å². The summed E-state index contributed by atoms with van der Waals surface area (Å²) in [5, 5.41) is 0. The second kappa shape index (κ2) is 8.29. The van der Waals surface area contributed by atoms with E-state index < -0.39 is 0 Å². The number of para-hydroxylation sites is 1. The average Bonchev–Trinajstić information content (AvgIpc) is 3.35. The summed E-state index contributed by atoms with van der Waals surface area (Å²) in [6.07, 6.45) is 3.60. The van der Waals surface area contributed by atoms with Gasteiger partial charge in [-0.05, 0) is 54.6 Å². The van der Waals surface area contributed by atoms with E-state index in [1.165, 1.54) is 48.3 Å². The van der Waals surface area contributed by atoms with Crippen molar-refractivity contribution in [1.29, 1.82) is 0 Å². The molecule has 3 aromatic carbocycles. The lowest BCUT2D eigenvalue weighted by Gasteiger charge is -2.56. The number of hydrogen-bond donors (Lipinski definition) is 0. The molecule has 0 N–H and O–H groups in total. The van der Waals surface area contributed by atoms with Crippen LogP contribution in [0.2, 0.25) is 0 Å². The predicted octanol–water partition coefficient (Wildman–Crippen LogP) is 5.35. The molecule has 2 bridgehead atoms. The zero-order valence-electron chi connectivity index (χ0n) is 18.9. The number of ether oxygens (including phenoxy) is 1. The van der Waals surface area contributed by atoms with Crippen molar-refractivity contribution >= 4 is 5.69 Å². The number of anilines is 1. The molecule has 164 valence electrons. The Morgan fingerprint density at radius 3 is 2.16 bits per heavy atom. The topological polar surface area (TPSA) is 15.7 Å². The lowest BCUT2D eigenvalue weighted by Crippen LogP contribution is -2.65. The van der Waals surface area contributed by atoms with Crippen LogP contribution in [0.1, 0.15) is 35.4 Å². The van der Waals surface area contributed by atoms with E-state index in [-0.39, 0.29) is 0 Å². The van der Waals surface area contributed by atoms with E-state index in [0.717, 1.165) is 18.8 Å². The first-order valence-corrected chi connectivity index (χ1v) is 12.1. The molecule has 3 nitrogen and oxygen atoms in total. The average molecular weight is 425 g/mol. The molecule has 3 aromatic rings. The van der Waals surface area contributed by atoms with E-state index in [1.807, 2.05) is 0 Å². The van der Waals surface area contributed by atoms with Crippen molar-refractivity contribution < 1.29 is 4.74 Å². The van der Waals surface area contributed by atoms with Gasteiger partial charge in [0.1, 0.15) is 5.75 Å². The predicted molar refractivity (Wildman–Crippen MR) is 131 cm³/mol. The molecule has 0 spiro atoms. The van der Waals surface area contributed by atoms with Crippen LogP contribution in [0.25, 0.3) is 0 Å². The van der Waals surface area contributed by atoms with Crippen LogP contribution in [-0.4, -0.2) is 43.7 Å². The Bertz CT molecular complexity index is 1020. The summed E-state index contributed by atoms with van der Waals surface area (Å²) in [6, 6.07) is 29.9. The van der Waals surface area contributed by atoms with Crippen LogP contribution in [0.3, 0.4) is 0 Å². The molecule has 7 rings (SSSR count). The number of nitrogens with zero attached hydrogens (tertiary/aromatic N) is 2. The van der Waals surface area contributed by atoms with Gasteiger partial charge in [-0.3, -0.25) is 4.90 Å². The summed E-state index contributed by atoms with van der Waals surface area (Å²) in [4.78, 5) is 5.35. The summed E-state index contributed by atoms with van der Waals surface area (Å²) in [5.41, 5.74) is 5.46. The second-order valence-corrected chi connectivity index (χ2v) is 9.63. The SMILES string of the molecule is CN(c1cccc2c1OCC2)[C@@H]1C2CCN(CC2)[C@@H]1C(c1ccccc1)c1ccccc1. The van der Waals surface area contributed by atoms with Crippen molar-refractivity contribution in [1.82, 2.24) is 4.90 Å². The molecule has 4 aliphatic heterocycles. The Morgan fingerprint density at radius 1 is 0.844 bits per heavy atom. The Morgan fingerprint density at radius 2 is 1.50 bits per heavy atom. The number of rotatable bonds is 5. The van der Waals surface area contributed by atoms with Gasteiger partial charge >= 0.3 is 0 Å². The van der Waals surface area contributed by atoms with Crippen LogP contribution in [0.5, 0.6) is 5.75 Å². The van der Waals surface area contributed by atoms with Crippen molar-refractivity contribution in [3.05, 3.63) is 95.6 Å². The van der Waals surface area contributed by atoms with Gasteiger partial charge in [0.25, 0.3) is 0 Å². The van der Waals surface area contributed by atoms with Crippen LogP contribution in [0.15, 0.2) is 78.9 Å². The van der Waals surface area contributed by atoms with Crippen molar-refractivity contribution in [3.63, 3.8) is 0 Å². The molecule has 0 unspecified atom stereocenters. The van der Waals surface area contributed by atoms with Gasteiger partial charge in [-0.25, -0.2) is 0 Å². The minimum absolute atomic E-state index is 0.352. The van der Waals surface area contributed by atoms with Gasteiger partial charge in [0, 0.05) is 31.5 Å². The van der Waals surface area contributed by atoms with Gasteiger partial charge in [-0.1, -0.05) is 72.8 Å². The lowest BCUT2D eigenvalue weighted by atomic mass is 9.70. The monoisotopic (exact) mass is 424 g/mol. The molecular formula is C29H32N2O. The van der Waals surface area contributed by atoms with Crippen LogP contribution in [-0.2, 0) is 6.42 Å². The molecule has 0 amide bonds. The van der Waals surface area contributed by atoms with Gasteiger partial charge in [0.15, 0.2) is 0 Å². The largest absolute Gasteiger partial charge is 0.491 e. The van der Waals surface area contributed by atoms with Crippen LogP contribution in [0.4, 0.5) is 5.69 Å². The highest BCUT2D eigenvalue weighted by atomic mass is 16.5. The van der Waals surface area contributed by atoms with E-state index in [2.05, 4.69) is 95.7 Å². The maximum Gasteiger partial charge on any atom is 0.145 e. The molecule has 0 aromatic heterocycles. The first-order valence-electron chi connectivity index (χ1n) is 12.1. The molecule has 3 fully saturated rings. The minimum Gasteiger partial charge on any atom is -0.491 e. The summed E-state index contributed by atoms with van der Waals surface area (Å²) < 4.78 is 6.13. The fourth-order valence-electron chi connectivity index (χ4n) is 6.55. The van der Waals surface area contributed by atoms with Crippen LogP contribution < -0.4 is 9.64 Å². The maximum absolute atomic E-state index is 6.13. The molecule has 4 aliphatic rings. The standard InChI is InChI=1S/C29H32N2O/c1-30(25-14-8-13-24-17-20-32-29(24)25)27-23-15-18-31(19-16-23)28(27)26(21-9-4-2-5-10-21)22-11-6-3-7-12-22/h2-14,23,26-28H,15-20H2,1H3/t27-,28-/m1/s1. The maximum atomic E-state index is 6.13. The molecule has 3 saturated heterocycles. The van der Waals surface area contributed by atoms with Crippen molar-refractivity contribution in [2.75, 3.05) is 31.6 Å². The zero-order chi connectivity index (χ0) is 21.5. The third-order valence-corrected chi connectivity index (χ3v) is 8.01. The first kappa shape index (κ1) is 19.9. The highest BCUT2D eigenvalue weighted by Crippen LogP contribution is 2.46. The number of hydrogen-bond acceptors (Lipinski definition) is 3. The van der Waals surface area contributed by atoms with Gasteiger partial charge in [-0.15, -0.1) is 0 Å². The quantitative estimate of drug-likeness (QED) is 0.549. The molecule has 0 aliphatic carbocycles. The normalized spacial score (nSPS) is 26.1. The highest BCUT2D eigenvalue weighted by molar-refractivity contribution is 5.64. The Kier molecular flexibility index (Phi) is 5.15. The number of fused-ring (bicyclic) bond motifs is 4. The van der Waals surface area contributed by atoms with Gasteiger partial charge in [0.2, 0.25) is 0 Å². The van der Waals surface area contributed by atoms with Crippen molar-refractivity contribution in [3.8, 4) is 5.75 Å². The third-order valence-electron chi connectivity index (χ3n) is 8.01. The molecular weight excluding hydrogens is 392 g/mol. The Hall–Kier alpha value is -2.78. The van der Waals surface area contributed by atoms with Crippen LogP contribution >= 0.6 is 0 Å². The van der Waals surface area contributed by atoms with E-state index in [9.17, 15) is 0 Å². The van der Waals surface area contributed by atoms with Gasteiger partial charge in [0.05, 0.1) is 12.3 Å². The number of likely N-dealkylation sites (N-methyl/N-ethyl adjacent to an activating group) is 1. The summed E-state index contributed by atoms with van der Waals surface area (Å²) in [5.74, 6) is 2.17. The fraction of sp³-hybridized carbons (Fsp3) is 0.379. The zero-order valence-corrected chi connectivity index (χ0v) is 18.9. The Balaban J connectivity index is 1.46. The third kappa shape index (κ3) is 3.31. The van der Waals surface area contributed by atoms with E-state index in [0.29, 0.717) is 23.9 Å². The molecule has 3 heteroatoms. The van der Waals surface area contributed by atoms with Gasteiger partial charge in [-0.2, -0.15) is 0 Å². The molecule has 0 radical (unpaired) electrons. The second-order valence-electron chi connectivity index (χ2n) is 9.63. The van der Waals surface area contributed by atoms with Gasteiger partial charge < -0.3 is 9.64 Å². The van der Waals surface area contributed by atoms with Crippen LogP contribution in [0, 0.1) is 5.92 Å². The summed E-state index contributed by atoms with van der Waals surface area (Å²) in [7, 11) is 2.31. The smallest absolute Gasteiger partial charge is 0.145 e.